The molecular formula is C19H26N4O2. The molecule has 6 heteroatoms. The van der Waals surface area contributed by atoms with Gasteiger partial charge in [0.2, 0.25) is 0 Å². The first-order valence-electron chi connectivity index (χ1n) is 8.50. The van der Waals surface area contributed by atoms with E-state index in [4.69, 9.17) is 10.9 Å². The van der Waals surface area contributed by atoms with Gasteiger partial charge in [-0.05, 0) is 42.7 Å². The van der Waals surface area contributed by atoms with Crippen molar-refractivity contribution in [1.29, 1.82) is 0 Å². The maximum absolute atomic E-state index is 11.1. The lowest BCUT2D eigenvalue weighted by Gasteiger charge is -2.29. The zero-order valence-corrected chi connectivity index (χ0v) is 14.5. The van der Waals surface area contributed by atoms with Crippen LogP contribution in [0.4, 0.5) is 0 Å². The summed E-state index contributed by atoms with van der Waals surface area (Å²) in [6, 6.07) is 0. The molecule has 0 aromatic heterocycles. The molecule has 1 aliphatic heterocycles. The van der Waals surface area contributed by atoms with Crippen LogP contribution in [0.15, 0.2) is 65.1 Å². The Labute approximate surface area is 148 Å². The minimum Gasteiger partial charge on any atom is -0.405 e. The Kier molecular flexibility index (Phi) is 7.22. The number of carbonyl (C=O) groups is 1. The first kappa shape index (κ1) is 18.7. The highest BCUT2D eigenvalue weighted by atomic mass is 16.5. The van der Waals surface area contributed by atoms with Gasteiger partial charge in [0.1, 0.15) is 0 Å². The van der Waals surface area contributed by atoms with Gasteiger partial charge in [-0.25, -0.2) is 5.48 Å². The summed E-state index contributed by atoms with van der Waals surface area (Å²) >= 11 is 0. The van der Waals surface area contributed by atoms with E-state index in [-0.39, 0.29) is 0 Å². The van der Waals surface area contributed by atoms with Crippen LogP contribution in [-0.2, 0) is 4.79 Å². The highest BCUT2D eigenvalue weighted by molar-refractivity contribution is 5.87. The molecule has 1 heterocycles. The summed E-state index contributed by atoms with van der Waals surface area (Å²) < 4.78 is 0. The van der Waals surface area contributed by atoms with Crippen molar-refractivity contribution in [3.05, 3.63) is 60.1 Å². The summed E-state index contributed by atoms with van der Waals surface area (Å²) in [5, 5.41) is 8.52. The first-order valence-corrected chi connectivity index (χ1v) is 8.50. The maximum atomic E-state index is 11.1. The van der Waals surface area contributed by atoms with E-state index in [1.165, 1.54) is 18.0 Å². The number of rotatable bonds is 6. The molecule has 0 spiro atoms. The summed E-state index contributed by atoms with van der Waals surface area (Å²) in [7, 11) is 0. The number of allylic oxidation sites excluding steroid dienone is 6. The van der Waals surface area contributed by atoms with E-state index in [9.17, 15) is 4.79 Å². The van der Waals surface area contributed by atoms with E-state index in [2.05, 4.69) is 29.0 Å². The number of hydroxylamine groups is 1. The summed E-state index contributed by atoms with van der Waals surface area (Å²) in [5.41, 5.74) is 9.12. The summed E-state index contributed by atoms with van der Waals surface area (Å²) in [6.45, 7) is 4.19. The number of nitrogens with two attached hydrogens (primary N) is 1. The van der Waals surface area contributed by atoms with Crippen molar-refractivity contribution in [2.75, 3.05) is 13.1 Å². The molecule has 0 aromatic rings. The van der Waals surface area contributed by atoms with Crippen LogP contribution in [0.5, 0.6) is 0 Å². The van der Waals surface area contributed by atoms with Crippen molar-refractivity contribution in [1.82, 2.24) is 10.4 Å². The number of hydrogen-bond donors (Lipinski definition) is 3. The van der Waals surface area contributed by atoms with E-state index in [0.29, 0.717) is 11.8 Å². The number of nitrogens with zero attached hydrogens (tertiary/aromatic N) is 2. The van der Waals surface area contributed by atoms with E-state index in [0.717, 1.165) is 31.5 Å². The van der Waals surface area contributed by atoms with Gasteiger partial charge in [0.25, 0.3) is 5.91 Å². The van der Waals surface area contributed by atoms with Crippen molar-refractivity contribution in [2.45, 2.75) is 19.8 Å². The van der Waals surface area contributed by atoms with Gasteiger partial charge in [-0.1, -0.05) is 25.2 Å². The molecule has 134 valence electrons. The average molecular weight is 342 g/mol. The number of likely N-dealkylation sites (tertiary alicyclic amines) is 1. The Morgan fingerprint density at radius 3 is 3.12 bits per heavy atom. The van der Waals surface area contributed by atoms with E-state index in [1.54, 1.807) is 23.8 Å². The topological polar surface area (TPSA) is 91.0 Å². The lowest BCUT2D eigenvalue weighted by molar-refractivity contribution is -0.124. The fraction of sp³-hybridized carbons (Fsp3) is 0.368. The molecule has 0 saturated carbocycles. The van der Waals surface area contributed by atoms with Gasteiger partial charge < -0.3 is 10.6 Å². The molecule has 1 fully saturated rings. The third-order valence-corrected chi connectivity index (χ3v) is 4.41. The second kappa shape index (κ2) is 9.64. The molecule has 1 amide bonds. The fourth-order valence-electron chi connectivity index (χ4n) is 3.03. The molecule has 2 unspecified atom stereocenters. The van der Waals surface area contributed by atoms with Crippen molar-refractivity contribution in [3.8, 4) is 0 Å². The van der Waals surface area contributed by atoms with E-state index >= 15 is 0 Å². The fourth-order valence-corrected chi connectivity index (χ4v) is 3.03. The quantitative estimate of drug-likeness (QED) is 0.299. The van der Waals surface area contributed by atoms with Crippen LogP contribution < -0.4 is 11.2 Å². The maximum Gasteiger partial charge on any atom is 0.267 e. The van der Waals surface area contributed by atoms with Crippen LogP contribution in [0.2, 0.25) is 0 Å². The lowest BCUT2D eigenvalue weighted by atomic mass is 9.86. The molecule has 2 rings (SSSR count). The van der Waals surface area contributed by atoms with Crippen LogP contribution in [-0.4, -0.2) is 35.3 Å². The highest BCUT2D eigenvalue weighted by Gasteiger charge is 2.23. The number of nitrogens with one attached hydrogen (secondary N) is 1. The number of hydrogen-bond acceptors (Lipinski definition) is 5. The van der Waals surface area contributed by atoms with Crippen molar-refractivity contribution < 1.29 is 10.0 Å². The molecule has 1 saturated heterocycles. The third-order valence-electron chi connectivity index (χ3n) is 4.41. The Morgan fingerprint density at radius 2 is 2.40 bits per heavy atom. The summed E-state index contributed by atoms with van der Waals surface area (Å²) in [5.74, 6) is 0.256. The van der Waals surface area contributed by atoms with Gasteiger partial charge in [-0.2, -0.15) is 0 Å². The minimum absolute atomic E-state index is 0.368. The predicted molar refractivity (Wildman–Crippen MR) is 99.7 cm³/mol. The monoisotopic (exact) mass is 342 g/mol. The number of amides is 1. The molecule has 1 aliphatic carbocycles. The average Bonchev–Trinajstić information content (AvgIpc) is 3.05. The molecule has 2 atom stereocenters. The SMILES string of the molecule is CC1C=C(/C=C/C(=O)NO)C=CC1CN1CCC/C1=C\N=CC=CN. The smallest absolute Gasteiger partial charge is 0.267 e. The van der Waals surface area contributed by atoms with Crippen molar-refractivity contribution in [2.24, 2.45) is 22.6 Å². The van der Waals surface area contributed by atoms with Gasteiger partial charge >= 0.3 is 0 Å². The van der Waals surface area contributed by atoms with Gasteiger partial charge in [0.15, 0.2) is 0 Å². The molecule has 0 aromatic carbocycles. The molecule has 4 N–H and O–H groups in total. The van der Waals surface area contributed by atoms with E-state index < -0.39 is 5.91 Å². The Hall–Kier alpha value is -2.60. The number of aliphatic imine (C=N–C) groups is 1. The molecule has 6 nitrogen and oxygen atoms in total. The van der Waals surface area contributed by atoms with Gasteiger partial charge in [0.05, 0.1) is 0 Å². The first-order chi connectivity index (χ1) is 12.1. The standard InChI is InChI=1S/C19H26N4O2/c1-15-12-16(6-8-19(24)22-25)5-7-17(15)14-23-11-2-4-18(23)13-21-10-3-9-20/h3,5-10,12-13,15,17,25H,2,4,11,14,20H2,1H3,(H,22,24)/b8-6+,9-3?,18-13+,21-10?. The Morgan fingerprint density at radius 1 is 1.56 bits per heavy atom. The van der Waals surface area contributed by atoms with Gasteiger partial charge in [-0.15, -0.1) is 0 Å². The zero-order chi connectivity index (χ0) is 18.1. The van der Waals surface area contributed by atoms with Gasteiger partial charge in [0, 0.05) is 43.2 Å². The van der Waals surface area contributed by atoms with E-state index in [1.807, 2.05) is 12.3 Å². The van der Waals surface area contributed by atoms with Crippen LogP contribution in [0.25, 0.3) is 0 Å². The largest absolute Gasteiger partial charge is 0.405 e. The van der Waals surface area contributed by atoms with Crippen LogP contribution in [0.1, 0.15) is 19.8 Å². The van der Waals surface area contributed by atoms with Gasteiger partial charge in [-0.3, -0.25) is 15.0 Å². The Bertz CT molecular complexity index is 644. The lowest BCUT2D eigenvalue weighted by Crippen LogP contribution is -2.28. The van der Waals surface area contributed by atoms with Crippen LogP contribution in [0, 0.1) is 11.8 Å². The molecule has 0 bridgehead atoms. The van der Waals surface area contributed by atoms with Crippen molar-refractivity contribution in [3.63, 3.8) is 0 Å². The molecule has 2 aliphatic rings. The second-order valence-electron chi connectivity index (χ2n) is 6.21. The summed E-state index contributed by atoms with van der Waals surface area (Å²) in [6.07, 6.45) is 18.4. The predicted octanol–water partition coefficient (Wildman–Crippen LogP) is 2.28. The Balaban J connectivity index is 1.95. The normalized spacial score (nSPS) is 25.6. The molecule has 0 radical (unpaired) electrons. The van der Waals surface area contributed by atoms with Crippen LogP contribution in [0.3, 0.4) is 0 Å². The molecular weight excluding hydrogens is 316 g/mol. The minimum atomic E-state index is -0.527. The highest BCUT2D eigenvalue weighted by Crippen LogP contribution is 2.28. The summed E-state index contributed by atoms with van der Waals surface area (Å²) in [4.78, 5) is 17.7. The zero-order valence-electron chi connectivity index (χ0n) is 14.5. The van der Waals surface area contributed by atoms with Crippen LogP contribution >= 0.6 is 0 Å². The third kappa shape index (κ3) is 5.76. The van der Waals surface area contributed by atoms with Crippen molar-refractivity contribution >= 4 is 12.1 Å². The molecule has 25 heavy (non-hydrogen) atoms. The second-order valence-corrected chi connectivity index (χ2v) is 6.21. The number of carbonyl (C=O) groups excluding carboxylic acids is 1.